The van der Waals surface area contributed by atoms with E-state index >= 15 is 0 Å². The molecule has 6 nitrogen and oxygen atoms in total. The first-order valence-corrected chi connectivity index (χ1v) is 11.5. The highest BCUT2D eigenvalue weighted by atomic mass is 16.5. The van der Waals surface area contributed by atoms with Gasteiger partial charge in [-0.25, -0.2) is 0 Å². The summed E-state index contributed by atoms with van der Waals surface area (Å²) in [5.41, 5.74) is 2.18. The molecule has 6 heteroatoms. The molecule has 0 radical (unpaired) electrons. The fourth-order valence-electron chi connectivity index (χ4n) is 4.34. The zero-order valence-electron chi connectivity index (χ0n) is 19.9. The number of furan rings is 1. The van der Waals surface area contributed by atoms with Crippen LogP contribution in [0.4, 0.5) is 0 Å². The maximum Gasteiger partial charge on any atom is 0.291 e. The molecule has 1 amide bonds. The lowest BCUT2D eigenvalue weighted by atomic mass is 9.83. The van der Waals surface area contributed by atoms with E-state index in [9.17, 15) is 14.4 Å². The van der Waals surface area contributed by atoms with Crippen molar-refractivity contribution in [3.05, 3.63) is 89.4 Å². The SMILES string of the molecule is CCOc1ccc(C(=O)C2C(=O)C(=O)N(Cc3ccco3)C2c2ccc(C(C)(C)C)cc2)cc1. The normalized spacial score (nSPS) is 18.4. The number of amides is 1. The Morgan fingerprint density at radius 2 is 1.68 bits per heavy atom. The third kappa shape index (κ3) is 4.53. The molecule has 0 bridgehead atoms. The van der Waals surface area contributed by atoms with Gasteiger partial charge in [0.15, 0.2) is 5.78 Å². The van der Waals surface area contributed by atoms with E-state index in [2.05, 4.69) is 20.8 Å². The van der Waals surface area contributed by atoms with Crippen LogP contribution in [0.1, 0.15) is 61.0 Å². The number of ether oxygens (including phenoxy) is 1. The fraction of sp³-hybridized carbons (Fsp3) is 0.321. The Kier molecular flexibility index (Phi) is 6.42. The van der Waals surface area contributed by atoms with Gasteiger partial charge in [0.25, 0.3) is 5.91 Å². The molecule has 0 spiro atoms. The molecule has 1 aliphatic heterocycles. The maximum atomic E-state index is 13.6. The third-order valence-electron chi connectivity index (χ3n) is 6.16. The van der Waals surface area contributed by atoms with Crippen molar-refractivity contribution in [3.8, 4) is 5.75 Å². The van der Waals surface area contributed by atoms with Crippen molar-refractivity contribution in [2.75, 3.05) is 6.61 Å². The number of ketones is 2. The van der Waals surface area contributed by atoms with Crippen LogP contribution in [0.2, 0.25) is 0 Å². The van der Waals surface area contributed by atoms with Gasteiger partial charge < -0.3 is 14.1 Å². The van der Waals surface area contributed by atoms with E-state index in [0.717, 1.165) is 11.1 Å². The molecule has 1 aliphatic rings. The third-order valence-corrected chi connectivity index (χ3v) is 6.16. The molecule has 3 aromatic rings. The predicted octanol–water partition coefficient (Wildman–Crippen LogP) is 5.13. The van der Waals surface area contributed by atoms with Crippen LogP contribution in [-0.2, 0) is 21.5 Å². The second-order valence-electron chi connectivity index (χ2n) is 9.49. The molecular formula is C28H29NO5. The van der Waals surface area contributed by atoms with Gasteiger partial charge in [0, 0.05) is 5.56 Å². The number of nitrogens with zero attached hydrogens (tertiary/aromatic N) is 1. The summed E-state index contributed by atoms with van der Waals surface area (Å²) in [5, 5.41) is 0. The quantitative estimate of drug-likeness (QED) is 0.278. The Morgan fingerprint density at radius 1 is 1.00 bits per heavy atom. The minimum Gasteiger partial charge on any atom is -0.494 e. The molecule has 0 saturated carbocycles. The highest BCUT2D eigenvalue weighted by Gasteiger charge is 2.51. The van der Waals surface area contributed by atoms with Crippen molar-refractivity contribution in [2.24, 2.45) is 5.92 Å². The minimum absolute atomic E-state index is 0.0504. The number of rotatable bonds is 7. The highest BCUT2D eigenvalue weighted by Crippen LogP contribution is 2.40. The smallest absolute Gasteiger partial charge is 0.291 e. The summed E-state index contributed by atoms with van der Waals surface area (Å²) in [6.07, 6.45) is 1.52. The zero-order chi connectivity index (χ0) is 24.5. The van der Waals surface area contributed by atoms with Crippen LogP contribution in [0.3, 0.4) is 0 Å². The van der Waals surface area contributed by atoms with E-state index in [0.29, 0.717) is 23.7 Å². The van der Waals surface area contributed by atoms with Crippen molar-refractivity contribution >= 4 is 17.5 Å². The second kappa shape index (κ2) is 9.29. The van der Waals surface area contributed by atoms with Crippen molar-refractivity contribution in [2.45, 2.75) is 45.7 Å². The van der Waals surface area contributed by atoms with Crippen LogP contribution in [0.15, 0.2) is 71.3 Å². The summed E-state index contributed by atoms with van der Waals surface area (Å²) < 4.78 is 10.9. The first-order valence-electron chi connectivity index (χ1n) is 11.5. The van der Waals surface area contributed by atoms with Crippen LogP contribution in [-0.4, -0.2) is 29.0 Å². The van der Waals surface area contributed by atoms with Crippen molar-refractivity contribution in [1.29, 1.82) is 0 Å². The lowest BCUT2D eigenvalue weighted by molar-refractivity contribution is -0.141. The van der Waals surface area contributed by atoms with E-state index in [1.807, 2.05) is 31.2 Å². The Labute approximate surface area is 199 Å². The van der Waals surface area contributed by atoms with E-state index in [1.165, 1.54) is 11.2 Å². The summed E-state index contributed by atoms with van der Waals surface area (Å²) >= 11 is 0. The van der Waals surface area contributed by atoms with Crippen molar-refractivity contribution < 1.29 is 23.5 Å². The van der Waals surface area contributed by atoms with Gasteiger partial charge in [0.05, 0.1) is 25.5 Å². The molecule has 2 unspecified atom stereocenters. The fourth-order valence-corrected chi connectivity index (χ4v) is 4.34. The van der Waals surface area contributed by atoms with Crippen LogP contribution >= 0.6 is 0 Å². The summed E-state index contributed by atoms with van der Waals surface area (Å²) in [6, 6.07) is 17.2. The van der Waals surface area contributed by atoms with Crippen LogP contribution in [0, 0.1) is 5.92 Å². The monoisotopic (exact) mass is 459 g/mol. The van der Waals surface area contributed by atoms with E-state index in [-0.39, 0.29) is 17.7 Å². The Balaban J connectivity index is 1.74. The number of hydrogen-bond acceptors (Lipinski definition) is 5. The first kappa shape index (κ1) is 23.5. The molecule has 0 N–H and O–H groups in total. The largest absolute Gasteiger partial charge is 0.494 e. The number of carbonyl (C=O) groups excluding carboxylic acids is 3. The van der Waals surface area contributed by atoms with Crippen LogP contribution in [0.25, 0.3) is 0 Å². The molecule has 1 aromatic heterocycles. The molecule has 1 fully saturated rings. The zero-order valence-corrected chi connectivity index (χ0v) is 19.9. The molecule has 4 rings (SSSR count). The highest BCUT2D eigenvalue weighted by molar-refractivity contribution is 6.44. The Bertz CT molecular complexity index is 1170. The Morgan fingerprint density at radius 3 is 2.24 bits per heavy atom. The van der Waals surface area contributed by atoms with Gasteiger partial charge >= 0.3 is 0 Å². The van der Waals surface area contributed by atoms with Gasteiger partial charge in [-0.15, -0.1) is 0 Å². The average Bonchev–Trinajstić information content (AvgIpc) is 3.41. The lowest BCUT2D eigenvalue weighted by Gasteiger charge is -2.27. The molecule has 1 saturated heterocycles. The summed E-state index contributed by atoms with van der Waals surface area (Å²) in [7, 11) is 0. The van der Waals surface area contributed by atoms with Crippen molar-refractivity contribution in [1.82, 2.24) is 4.90 Å². The van der Waals surface area contributed by atoms with E-state index in [4.69, 9.17) is 9.15 Å². The topological polar surface area (TPSA) is 76.8 Å². The predicted molar refractivity (Wildman–Crippen MR) is 128 cm³/mol. The summed E-state index contributed by atoms with van der Waals surface area (Å²) in [6.45, 7) is 8.85. The first-order chi connectivity index (χ1) is 16.2. The molecule has 2 atom stereocenters. The van der Waals surface area contributed by atoms with Crippen molar-refractivity contribution in [3.63, 3.8) is 0 Å². The number of Topliss-reactive ketones (excluding diaryl/α,β-unsaturated/α-hetero) is 2. The van der Waals surface area contributed by atoms with E-state index in [1.54, 1.807) is 36.4 Å². The maximum absolute atomic E-state index is 13.6. The average molecular weight is 460 g/mol. The van der Waals surface area contributed by atoms with E-state index < -0.39 is 23.7 Å². The Hall–Kier alpha value is -3.67. The molecule has 176 valence electrons. The summed E-state index contributed by atoms with van der Waals surface area (Å²) in [5.74, 6) is -1.71. The van der Waals surface area contributed by atoms with Crippen LogP contribution < -0.4 is 4.74 Å². The number of hydrogen-bond donors (Lipinski definition) is 0. The molecular weight excluding hydrogens is 430 g/mol. The summed E-state index contributed by atoms with van der Waals surface area (Å²) in [4.78, 5) is 41.3. The molecule has 2 heterocycles. The van der Waals surface area contributed by atoms with Gasteiger partial charge in [0.1, 0.15) is 17.4 Å². The van der Waals surface area contributed by atoms with Gasteiger partial charge in [-0.3, -0.25) is 14.4 Å². The number of benzene rings is 2. The number of carbonyl (C=O) groups is 3. The molecule has 2 aromatic carbocycles. The van der Waals surface area contributed by atoms with Crippen LogP contribution in [0.5, 0.6) is 5.75 Å². The molecule has 0 aliphatic carbocycles. The van der Waals surface area contributed by atoms with Gasteiger partial charge in [-0.05, 0) is 59.9 Å². The van der Waals surface area contributed by atoms with Gasteiger partial charge in [-0.2, -0.15) is 0 Å². The molecule has 34 heavy (non-hydrogen) atoms. The second-order valence-corrected chi connectivity index (χ2v) is 9.49. The minimum atomic E-state index is -1.14. The lowest BCUT2D eigenvalue weighted by Crippen LogP contribution is -2.30. The van der Waals surface area contributed by atoms with Gasteiger partial charge in [0.2, 0.25) is 5.78 Å². The van der Waals surface area contributed by atoms with Gasteiger partial charge in [-0.1, -0.05) is 45.0 Å². The number of likely N-dealkylation sites (tertiary alicyclic amines) is 1. The standard InChI is InChI=1S/C28H29NO5/c1-5-33-21-14-10-19(11-15-21)25(30)23-24(18-8-12-20(13-9-18)28(2,3)4)29(27(32)26(23)31)17-22-7-6-16-34-22/h6-16,23-24H,5,17H2,1-4H3.